The van der Waals surface area contributed by atoms with Gasteiger partial charge in [0.25, 0.3) is 0 Å². The average molecular weight is 341 g/mol. The molecule has 0 radical (unpaired) electrons. The van der Waals surface area contributed by atoms with E-state index in [1.807, 2.05) is 31.2 Å². The smallest absolute Gasteiger partial charge is 0.119 e. The number of rotatable bonds is 5. The van der Waals surface area contributed by atoms with Crippen molar-refractivity contribution in [1.29, 1.82) is 0 Å². The molecule has 1 unspecified atom stereocenters. The van der Waals surface area contributed by atoms with E-state index in [1.165, 1.54) is 10.4 Å². The first-order chi connectivity index (χ1) is 9.15. The summed E-state index contributed by atoms with van der Waals surface area (Å²) in [5.41, 5.74) is 5.23. The Morgan fingerprint density at radius 2 is 2.05 bits per heavy atom. The van der Waals surface area contributed by atoms with Gasteiger partial charge in [0, 0.05) is 4.88 Å². The third kappa shape index (κ3) is 3.36. The van der Waals surface area contributed by atoms with Crippen molar-refractivity contribution in [3.05, 3.63) is 50.1 Å². The lowest BCUT2D eigenvalue weighted by Crippen LogP contribution is -2.28. The van der Waals surface area contributed by atoms with E-state index in [0.29, 0.717) is 6.61 Å². The van der Waals surface area contributed by atoms with Crippen LogP contribution >= 0.6 is 27.3 Å². The summed E-state index contributed by atoms with van der Waals surface area (Å²) in [6, 6.07) is 10.2. The van der Waals surface area contributed by atoms with Crippen molar-refractivity contribution in [3.8, 4) is 5.75 Å². The van der Waals surface area contributed by atoms with E-state index in [2.05, 4.69) is 34.3 Å². The maximum absolute atomic E-state index is 5.70. The van der Waals surface area contributed by atoms with Crippen LogP contribution < -0.4 is 16.0 Å². The molecule has 0 saturated carbocycles. The zero-order chi connectivity index (χ0) is 13.8. The van der Waals surface area contributed by atoms with E-state index in [0.717, 1.165) is 15.1 Å². The number of halogens is 1. The number of nitrogens with two attached hydrogens (primary N) is 1. The van der Waals surface area contributed by atoms with Gasteiger partial charge in [-0.05, 0) is 59.1 Å². The highest BCUT2D eigenvalue weighted by Crippen LogP contribution is 2.34. The number of hydrazine groups is 1. The molecule has 0 saturated heterocycles. The van der Waals surface area contributed by atoms with Gasteiger partial charge in [-0.1, -0.05) is 12.1 Å². The third-order valence-corrected chi connectivity index (χ3v) is 5.05. The van der Waals surface area contributed by atoms with Gasteiger partial charge in [-0.3, -0.25) is 5.84 Å². The van der Waals surface area contributed by atoms with Crippen LogP contribution in [0.4, 0.5) is 0 Å². The lowest BCUT2D eigenvalue weighted by Gasteiger charge is -2.15. The molecule has 19 heavy (non-hydrogen) atoms. The number of nitrogens with one attached hydrogen (secondary N) is 1. The summed E-state index contributed by atoms with van der Waals surface area (Å²) in [6.07, 6.45) is 0. The van der Waals surface area contributed by atoms with Crippen molar-refractivity contribution < 1.29 is 4.74 Å². The van der Waals surface area contributed by atoms with Crippen LogP contribution in [-0.4, -0.2) is 6.61 Å². The summed E-state index contributed by atoms with van der Waals surface area (Å²) in [6.45, 7) is 4.73. The largest absolute Gasteiger partial charge is 0.494 e. The Kier molecular flexibility index (Phi) is 4.99. The number of thiophene rings is 1. The normalized spacial score (nSPS) is 12.4. The van der Waals surface area contributed by atoms with Crippen LogP contribution in [-0.2, 0) is 0 Å². The van der Waals surface area contributed by atoms with Crippen LogP contribution in [0.5, 0.6) is 5.75 Å². The minimum Gasteiger partial charge on any atom is -0.494 e. The summed E-state index contributed by atoms with van der Waals surface area (Å²) in [5, 5.41) is 0. The molecule has 5 heteroatoms. The molecule has 0 bridgehead atoms. The standard InChI is InChI=1S/C14H17BrN2OS/c1-3-18-11-6-4-10(5-7-11)13(17-16)12-8-9(2)14(15)19-12/h4-8,13,17H,3,16H2,1-2H3. The molecule has 0 spiro atoms. The number of ether oxygens (including phenoxy) is 1. The van der Waals surface area contributed by atoms with Gasteiger partial charge in [-0.15, -0.1) is 11.3 Å². The van der Waals surface area contributed by atoms with E-state index in [1.54, 1.807) is 11.3 Å². The summed E-state index contributed by atoms with van der Waals surface area (Å²) < 4.78 is 6.59. The van der Waals surface area contributed by atoms with Gasteiger partial charge >= 0.3 is 0 Å². The first-order valence-electron chi connectivity index (χ1n) is 6.10. The fourth-order valence-corrected chi connectivity index (χ4v) is 3.55. The van der Waals surface area contributed by atoms with E-state index >= 15 is 0 Å². The topological polar surface area (TPSA) is 47.3 Å². The molecular weight excluding hydrogens is 324 g/mol. The van der Waals surface area contributed by atoms with Gasteiger partial charge in [-0.25, -0.2) is 5.43 Å². The van der Waals surface area contributed by atoms with Gasteiger partial charge in [0.1, 0.15) is 5.75 Å². The zero-order valence-electron chi connectivity index (χ0n) is 10.9. The highest BCUT2D eigenvalue weighted by atomic mass is 79.9. The molecule has 1 atom stereocenters. The van der Waals surface area contributed by atoms with Crippen molar-refractivity contribution in [3.63, 3.8) is 0 Å². The summed E-state index contributed by atoms with van der Waals surface area (Å²) in [4.78, 5) is 1.19. The van der Waals surface area contributed by atoms with Crippen LogP contribution in [0.1, 0.15) is 29.0 Å². The Balaban J connectivity index is 2.26. The molecule has 0 aliphatic heterocycles. The second-order valence-corrected chi connectivity index (χ2v) is 6.61. The minimum atomic E-state index is 0.00526. The Morgan fingerprint density at radius 3 is 2.53 bits per heavy atom. The van der Waals surface area contributed by atoms with Crippen LogP contribution in [0, 0.1) is 6.92 Å². The molecule has 0 fully saturated rings. The lowest BCUT2D eigenvalue weighted by molar-refractivity contribution is 0.340. The van der Waals surface area contributed by atoms with E-state index in [4.69, 9.17) is 10.6 Å². The summed E-state index contributed by atoms with van der Waals surface area (Å²) >= 11 is 5.25. The second-order valence-electron chi connectivity index (χ2n) is 4.21. The molecule has 1 aromatic carbocycles. The first kappa shape index (κ1) is 14.5. The molecular formula is C14H17BrN2OS. The lowest BCUT2D eigenvalue weighted by atomic mass is 10.1. The quantitative estimate of drug-likeness (QED) is 0.643. The Labute approximate surface area is 125 Å². The molecule has 3 nitrogen and oxygen atoms in total. The van der Waals surface area contributed by atoms with E-state index in [9.17, 15) is 0 Å². The fourth-order valence-electron chi connectivity index (χ4n) is 1.89. The number of benzene rings is 1. The first-order valence-corrected chi connectivity index (χ1v) is 7.71. The predicted molar refractivity (Wildman–Crippen MR) is 83.5 cm³/mol. The van der Waals surface area contributed by atoms with Gasteiger partial charge in [0.2, 0.25) is 0 Å². The van der Waals surface area contributed by atoms with Crippen molar-refractivity contribution >= 4 is 27.3 Å². The minimum absolute atomic E-state index is 0.00526. The highest BCUT2D eigenvalue weighted by molar-refractivity contribution is 9.11. The zero-order valence-corrected chi connectivity index (χ0v) is 13.3. The monoisotopic (exact) mass is 340 g/mol. The third-order valence-electron chi connectivity index (χ3n) is 2.85. The maximum atomic E-state index is 5.70. The van der Waals surface area contributed by atoms with E-state index in [-0.39, 0.29) is 6.04 Å². The van der Waals surface area contributed by atoms with Gasteiger partial charge in [0.15, 0.2) is 0 Å². The van der Waals surface area contributed by atoms with Crippen LogP contribution in [0.15, 0.2) is 34.1 Å². The molecule has 0 aliphatic carbocycles. The van der Waals surface area contributed by atoms with Crippen molar-refractivity contribution in [2.24, 2.45) is 5.84 Å². The highest BCUT2D eigenvalue weighted by Gasteiger charge is 2.16. The Morgan fingerprint density at radius 1 is 1.37 bits per heavy atom. The van der Waals surface area contributed by atoms with Gasteiger partial charge < -0.3 is 4.74 Å². The van der Waals surface area contributed by atoms with Crippen molar-refractivity contribution in [2.45, 2.75) is 19.9 Å². The van der Waals surface area contributed by atoms with Crippen LogP contribution in [0.2, 0.25) is 0 Å². The maximum Gasteiger partial charge on any atom is 0.119 e. The molecule has 1 heterocycles. The molecule has 0 aliphatic rings. The van der Waals surface area contributed by atoms with Gasteiger partial charge in [0.05, 0.1) is 16.4 Å². The molecule has 1 aromatic heterocycles. The molecule has 2 rings (SSSR count). The Hall–Kier alpha value is -0.880. The van der Waals surface area contributed by atoms with Crippen molar-refractivity contribution in [2.75, 3.05) is 6.61 Å². The molecule has 0 amide bonds. The van der Waals surface area contributed by atoms with Crippen molar-refractivity contribution in [1.82, 2.24) is 5.43 Å². The predicted octanol–water partition coefficient (Wildman–Crippen LogP) is 3.77. The number of hydrogen-bond acceptors (Lipinski definition) is 4. The molecule has 102 valence electrons. The van der Waals surface area contributed by atoms with E-state index < -0.39 is 0 Å². The molecule has 2 aromatic rings. The van der Waals surface area contributed by atoms with Gasteiger partial charge in [-0.2, -0.15) is 0 Å². The number of hydrogen-bond donors (Lipinski definition) is 2. The SMILES string of the molecule is CCOc1ccc(C(NN)c2cc(C)c(Br)s2)cc1. The fraction of sp³-hybridized carbons (Fsp3) is 0.286. The van der Waals surface area contributed by atoms with Crippen LogP contribution in [0.3, 0.4) is 0 Å². The molecule has 3 N–H and O–H groups in total. The van der Waals surface area contributed by atoms with Crippen LogP contribution in [0.25, 0.3) is 0 Å². The Bertz CT molecular complexity index is 519. The summed E-state index contributed by atoms with van der Waals surface area (Å²) in [5.74, 6) is 6.58. The average Bonchev–Trinajstić information content (AvgIpc) is 2.73. The summed E-state index contributed by atoms with van der Waals surface area (Å²) in [7, 11) is 0. The second kappa shape index (κ2) is 6.52. The number of aryl methyl sites for hydroxylation is 1.